The van der Waals surface area contributed by atoms with Gasteiger partial charge in [0.25, 0.3) is 0 Å². The van der Waals surface area contributed by atoms with Crippen molar-refractivity contribution in [2.45, 2.75) is 37.8 Å². The molecular formula is C21H23NO3. The Morgan fingerprint density at radius 1 is 1.20 bits per heavy atom. The monoisotopic (exact) mass is 337 g/mol. The molecule has 1 atom stereocenters. The van der Waals surface area contributed by atoms with Crippen LogP contribution in [-0.4, -0.2) is 30.6 Å². The van der Waals surface area contributed by atoms with Crippen LogP contribution in [0.3, 0.4) is 0 Å². The Kier molecular flexibility index (Phi) is 3.91. The molecule has 0 saturated heterocycles. The number of amides is 1. The average Bonchev–Trinajstić information content (AvgIpc) is 3.47. The molecule has 0 N–H and O–H groups in total. The molecule has 4 nitrogen and oxygen atoms in total. The molecule has 0 spiro atoms. The van der Waals surface area contributed by atoms with Gasteiger partial charge in [-0.3, -0.25) is 4.79 Å². The first-order valence-corrected chi connectivity index (χ1v) is 8.80. The number of hydrogen-bond donors (Lipinski definition) is 0. The van der Waals surface area contributed by atoms with E-state index in [4.69, 9.17) is 9.47 Å². The first-order valence-electron chi connectivity index (χ1n) is 8.80. The lowest BCUT2D eigenvalue weighted by molar-refractivity contribution is -0.137. The van der Waals surface area contributed by atoms with Crippen molar-refractivity contribution in [1.82, 2.24) is 4.90 Å². The Labute approximate surface area is 148 Å². The summed E-state index contributed by atoms with van der Waals surface area (Å²) < 4.78 is 11.2. The van der Waals surface area contributed by atoms with Gasteiger partial charge in [-0.15, -0.1) is 0 Å². The number of rotatable bonds is 3. The SMILES string of the molecule is COc1cccc(C2(C(=O)N3Cc4ccccc4OCC3C)CC2)c1. The van der Waals surface area contributed by atoms with Crippen molar-refractivity contribution in [1.29, 1.82) is 0 Å². The summed E-state index contributed by atoms with van der Waals surface area (Å²) >= 11 is 0. The molecule has 0 radical (unpaired) electrons. The van der Waals surface area contributed by atoms with Crippen molar-refractivity contribution >= 4 is 5.91 Å². The van der Waals surface area contributed by atoms with Crippen molar-refractivity contribution in [2.75, 3.05) is 13.7 Å². The minimum atomic E-state index is -0.401. The Morgan fingerprint density at radius 3 is 2.76 bits per heavy atom. The average molecular weight is 337 g/mol. The van der Waals surface area contributed by atoms with Gasteiger partial charge in [-0.05, 0) is 43.5 Å². The quantitative estimate of drug-likeness (QED) is 0.860. The first kappa shape index (κ1) is 16.0. The Bertz CT molecular complexity index is 797. The van der Waals surface area contributed by atoms with Gasteiger partial charge < -0.3 is 14.4 Å². The maximum absolute atomic E-state index is 13.5. The number of carbonyl (C=O) groups excluding carboxylic acids is 1. The van der Waals surface area contributed by atoms with Gasteiger partial charge in [0.05, 0.1) is 18.6 Å². The molecule has 2 aliphatic rings. The van der Waals surface area contributed by atoms with Crippen LogP contribution in [0, 0.1) is 0 Å². The molecule has 1 aliphatic heterocycles. The van der Waals surface area contributed by atoms with E-state index in [2.05, 4.69) is 6.92 Å². The number of para-hydroxylation sites is 1. The molecule has 0 bridgehead atoms. The molecule has 25 heavy (non-hydrogen) atoms. The third-order valence-electron chi connectivity index (χ3n) is 5.37. The molecule has 1 aliphatic carbocycles. The molecule has 2 aromatic rings. The predicted molar refractivity (Wildman–Crippen MR) is 95.9 cm³/mol. The van der Waals surface area contributed by atoms with Crippen LogP contribution in [-0.2, 0) is 16.8 Å². The van der Waals surface area contributed by atoms with E-state index in [1.54, 1.807) is 7.11 Å². The standard InChI is InChI=1S/C21H23NO3/c1-15-14-25-19-9-4-3-6-16(19)13-22(15)20(23)21(10-11-21)17-7-5-8-18(12-17)24-2/h3-9,12,15H,10-11,13-14H2,1-2H3. The second-order valence-corrected chi connectivity index (χ2v) is 7.01. The minimum Gasteiger partial charge on any atom is -0.497 e. The molecule has 1 unspecified atom stereocenters. The van der Waals surface area contributed by atoms with Gasteiger partial charge in [0, 0.05) is 12.1 Å². The summed E-state index contributed by atoms with van der Waals surface area (Å²) in [6.45, 7) is 3.18. The second kappa shape index (κ2) is 6.10. The van der Waals surface area contributed by atoms with E-state index in [0.717, 1.165) is 35.5 Å². The van der Waals surface area contributed by atoms with Gasteiger partial charge in [0.15, 0.2) is 0 Å². The van der Waals surface area contributed by atoms with Crippen molar-refractivity contribution in [3.63, 3.8) is 0 Å². The largest absolute Gasteiger partial charge is 0.497 e. The summed E-state index contributed by atoms with van der Waals surface area (Å²) in [6, 6.07) is 16.0. The minimum absolute atomic E-state index is 0.0444. The van der Waals surface area contributed by atoms with Crippen LogP contribution in [0.25, 0.3) is 0 Å². The topological polar surface area (TPSA) is 38.8 Å². The van der Waals surface area contributed by atoms with Crippen LogP contribution in [0.15, 0.2) is 48.5 Å². The summed E-state index contributed by atoms with van der Waals surface area (Å²) in [7, 11) is 1.66. The summed E-state index contributed by atoms with van der Waals surface area (Å²) in [6.07, 6.45) is 1.79. The summed E-state index contributed by atoms with van der Waals surface area (Å²) in [5, 5.41) is 0. The molecule has 4 heteroatoms. The molecule has 1 heterocycles. The molecule has 4 rings (SSSR count). The first-order chi connectivity index (χ1) is 12.1. The van der Waals surface area contributed by atoms with Gasteiger partial charge >= 0.3 is 0 Å². The predicted octanol–water partition coefficient (Wildman–Crippen LogP) is 3.54. The highest BCUT2D eigenvalue weighted by molar-refractivity contribution is 5.91. The number of carbonyl (C=O) groups is 1. The maximum Gasteiger partial charge on any atom is 0.233 e. The van der Waals surface area contributed by atoms with E-state index in [9.17, 15) is 4.79 Å². The van der Waals surface area contributed by atoms with Crippen molar-refractivity contribution in [3.05, 3.63) is 59.7 Å². The molecule has 2 aromatic carbocycles. The van der Waals surface area contributed by atoms with Crippen molar-refractivity contribution < 1.29 is 14.3 Å². The van der Waals surface area contributed by atoms with Gasteiger partial charge in [-0.2, -0.15) is 0 Å². The summed E-state index contributed by atoms with van der Waals surface area (Å²) in [5.41, 5.74) is 1.73. The smallest absolute Gasteiger partial charge is 0.233 e. The molecule has 0 aromatic heterocycles. The van der Waals surface area contributed by atoms with Crippen molar-refractivity contribution in [3.8, 4) is 11.5 Å². The Balaban J connectivity index is 1.65. The molecule has 1 amide bonds. The zero-order valence-electron chi connectivity index (χ0n) is 14.7. The zero-order valence-corrected chi connectivity index (χ0v) is 14.7. The molecule has 1 saturated carbocycles. The highest BCUT2D eigenvalue weighted by Gasteiger charge is 2.54. The molecule has 130 valence electrons. The van der Waals surface area contributed by atoms with Gasteiger partial charge in [0.1, 0.15) is 18.1 Å². The Hall–Kier alpha value is -2.49. The van der Waals surface area contributed by atoms with Crippen LogP contribution in [0.5, 0.6) is 11.5 Å². The highest BCUT2D eigenvalue weighted by Crippen LogP contribution is 2.51. The third kappa shape index (κ3) is 2.76. The maximum atomic E-state index is 13.5. The van der Waals surface area contributed by atoms with E-state index < -0.39 is 5.41 Å². The van der Waals surface area contributed by atoms with Gasteiger partial charge in [-0.25, -0.2) is 0 Å². The van der Waals surface area contributed by atoms with Gasteiger partial charge in [0.2, 0.25) is 5.91 Å². The number of methoxy groups -OCH3 is 1. The second-order valence-electron chi connectivity index (χ2n) is 7.01. The van der Waals surface area contributed by atoms with Crippen LogP contribution >= 0.6 is 0 Å². The number of ether oxygens (including phenoxy) is 2. The van der Waals surface area contributed by atoms with Crippen LogP contribution < -0.4 is 9.47 Å². The normalized spacial score (nSPS) is 20.9. The lowest BCUT2D eigenvalue weighted by Gasteiger charge is -2.31. The third-order valence-corrected chi connectivity index (χ3v) is 5.37. The van der Waals surface area contributed by atoms with Crippen LogP contribution in [0.2, 0.25) is 0 Å². The number of nitrogens with zero attached hydrogens (tertiary/aromatic N) is 1. The van der Waals surface area contributed by atoms with E-state index in [-0.39, 0.29) is 11.9 Å². The lowest BCUT2D eigenvalue weighted by Crippen LogP contribution is -2.45. The van der Waals surface area contributed by atoms with Crippen LogP contribution in [0.1, 0.15) is 30.9 Å². The van der Waals surface area contributed by atoms with Crippen LogP contribution in [0.4, 0.5) is 0 Å². The van der Waals surface area contributed by atoms with E-state index in [1.165, 1.54) is 0 Å². The fourth-order valence-corrected chi connectivity index (χ4v) is 3.63. The molecule has 1 fully saturated rings. The summed E-state index contributed by atoms with van der Waals surface area (Å²) in [4.78, 5) is 15.5. The van der Waals surface area contributed by atoms with E-state index in [0.29, 0.717) is 13.2 Å². The highest BCUT2D eigenvalue weighted by atomic mass is 16.5. The van der Waals surface area contributed by atoms with Gasteiger partial charge in [-0.1, -0.05) is 30.3 Å². The number of fused-ring (bicyclic) bond motifs is 1. The number of hydrogen-bond acceptors (Lipinski definition) is 3. The molecular weight excluding hydrogens is 314 g/mol. The fourth-order valence-electron chi connectivity index (χ4n) is 3.63. The summed E-state index contributed by atoms with van der Waals surface area (Å²) in [5.74, 6) is 1.89. The van der Waals surface area contributed by atoms with Crippen molar-refractivity contribution in [2.24, 2.45) is 0 Å². The van der Waals surface area contributed by atoms with E-state index >= 15 is 0 Å². The Morgan fingerprint density at radius 2 is 2.00 bits per heavy atom. The number of benzene rings is 2. The fraction of sp³-hybridized carbons (Fsp3) is 0.381. The zero-order chi connectivity index (χ0) is 17.4. The lowest BCUT2D eigenvalue weighted by atomic mass is 9.93. The van der Waals surface area contributed by atoms with E-state index in [1.807, 2.05) is 53.4 Å².